The summed E-state index contributed by atoms with van der Waals surface area (Å²) in [5.41, 5.74) is 0.455. The molecule has 0 N–H and O–H groups in total. The van der Waals surface area contributed by atoms with Crippen molar-refractivity contribution in [3.63, 3.8) is 0 Å². The fraction of sp³-hybridized carbons (Fsp3) is 0.350. The second-order valence-corrected chi connectivity index (χ2v) is 9.32. The lowest BCUT2D eigenvalue weighted by atomic mass is 10.1. The Labute approximate surface area is 186 Å². The Kier molecular flexibility index (Phi) is 7.13. The Morgan fingerprint density at radius 2 is 1.70 bits per heavy atom. The number of carbonyl (C=O) groups excluding carboxylic acids is 1. The van der Waals surface area contributed by atoms with Gasteiger partial charge in [0.05, 0.1) is 28.7 Å². The van der Waals surface area contributed by atoms with E-state index in [9.17, 15) is 13.2 Å². The van der Waals surface area contributed by atoms with Gasteiger partial charge in [0.2, 0.25) is 10.0 Å². The average Bonchev–Trinajstić information content (AvgIpc) is 2.75. The van der Waals surface area contributed by atoms with Crippen LogP contribution in [-0.4, -0.2) is 63.4 Å². The van der Waals surface area contributed by atoms with Crippen LogP contribution >= 0.6 is 23.2 Å². The van der Waals surface area contributed by atoms with Crippen LogP contribution in [0.25, 0.3) is 0 Å². The van der Waals surface area contributed by atoms with E-state index in [-0.39, 0.29) is 47.0 Å². The second kappa shape index (κ2) is 9.43. The molecule has 2 aromatic carbocycles. The Morgan fingerprint density at radius 1 is 1.00 bits per heavy atom. The molecule has 0 aromatic heterocycles. The van der Waals surface area contributed by atoms with E-state index < -0.39 is 10.0 Å². The number of piperazine rings is 1. The molecule has 1 amide bonds. The normalized spacial score (nSPS) is 15.1. The Hall–Kier alpha value is -2.00. The van der Waals surface area contributed by atoms with Gasteiger partial charge in [0, 0.05) is 31.7 Å². The quantitative estimate of drug-likeness (QED) is 0.642. The smallest absolute Gasteiger partial charge is 0.254 e. The number of ether oxygens (including phenoxy) is 2. The number of hydrogen-bond acceptors (Lipinski definition) is 5. The Morgan fingerprint density at radius 3 is 2.30 bits per heavy atom. The van der Waals surface area contributed by atoms with E-state index in [2.05, 4.69) is 0 Å². The van der Waals surface area contributed by atoms with Gasteiger partial charge in [-0.15, -0.1) is 0 Å². The molecular weight excluding hydrogens is 451 g/mol. The van der Waals surface area contributed by atoms with Crippen LogP contribution in [0.3, 0.4) is 0 Å². The van der Waals surface area contributed by atoms with Gasteiger partial charge in [-0.25, -0.2) is 8.42 Å². The molecule has 1 heterocycles. The summed E-state index contributed by atoms with van der Waals surface area (Å²) in [5, 5.41) is 0.466. The highest BCUT2D eigenvalue weighted by atomic mass is 35.5. The minimum atomic E-state index is -3.72. The van der Waals surface area contributed by atoms with E-state index in [0.29, 0.717) is 23.7 Å². The first kappa shape index (κ1) is 22.7. The second-order valence-electron chi connectivity index (χ2n) is 6.57. The van der Waals surface area contributed by atoms with Gasteiger partial charge in [-0.3, -0.25) is 4.79 Å². The lowest BCUT2D eigenvalue weighted by Gasteiger charge is -2.34. The number of methoxy groups -OCH3 is 1. The van der Waals surface area contributed by atoms with E-state index in [0.717, 1.165) is 0 Å². The summed E-state index contributed by atoms with van der Waals surface area (Å²) in [5.74, 6) is 0.848. The predicted octanol–water partition coefficient (Wildman–Crippen LogP) is 3.55. The molecular formula is C20H22Cl2N2O5S. The average molecular weight is 473 g/mol. The van der Waals surface area contributed by atoms with Crippen molar-refractivity contribution < 1.29 is 22.7 Å². The molecule has 1 aliphatic heterocycles. The summed E-state index contributed by atoms with van der Waals surface area (Å²) in [6.45, 7) is 3.26. The van der Waals surface area contributed by atoms with Crippen LogP contribution in [0.15, 0.2) is 41.3 Å². The first-order valence-corrected chi connectivity index (χ1v) is 11.5. The van der Waals surface area contributed by atoms with E-state index in [1.807, 2.05) is 6.92 Å². The van der Waals surface area contributed by atoms with Crippen molar-refractivity contribution in [2.24, 2.45) is 0 Å². The number of halogens is 2. The molecule has 10 heteroatoms. The topological polar surface area (TPSA) is 76.2 Å². The maximum absolute atomic E-state index is 12.9. The summed E-state index contributed by atoms with van der Waals surface area (Å²) in [6, 6.07) is 9.22. The van der Waals surface area contributed by atoms with Crippen molar-refractivity contribution in [1.29, 1.82) is 0 Å². The van der Waals surface area contributed by atoms with Crippen LogP contribution in [0.4, 0.5) is 0 Å². The molecule has 0 saturated carbocycles. The SMILES string of the molecule is CCOc1ccc(C(=O)N2CCN(S(=O)(=O)c3ccc(Cl)c(Cl)c3)CC2)cc1OC. The molecule has 162 valence electrons. The molecule has 2 aromatic rings. The lowest BCUT2D eigenvalue weighted by Crippen LogP contribution is -2.50. The van der Waals surface area contributed by atoms with Crippen molar-refractivity contribution in [1.82, 2.24) is 9.21 Å². The molecule has 0 unspecified atom stereocenters. The summed E-state index contributed by atoms with van der Waals surface area (Å²) < 4.78 is 37.9. The molecule has 0 spiro atoms. The van der Waals surface area contributed by atoms with Gasteiger partial charge in [0.1, 0.15) is 0 Å². The van der Waals surface area contributed by atoms with Crippen LogP contribution in [0.5, 0.6) is 11.5 Å². The van der Waals surface area contributed by atoms with E-state index in [1.165, 1.54) is 29.6 Å². The van der Waals surface area contributed by atoms with Gasteiger partial charge in [0.25, 0.3) is 5.91 Å². The van der Waals surface area contributed by atoms with Crippen LogP contribution in [-0.2, 0) is 10.0 Å². The standard InChI is InChI=1S/C20H22Cl2N2O5S/c1-3-29-18-7-4-14(12-19(18)28-2)20(25)23-8-10-24(11-9-23)30(26,27)15-5-6-16(21)17(22)13-15/h4-7,12-13H,3,8-11H2,1-2H3. The first-order valence-electron chi connectivity index (χ1n) is 9.33. The minimum absolute atomic E-state index is 0.0768. The number of benzene rings is 2. The largest absolute Gasteiger partial charge is 0.493 e. The van der Waals surface area contributed by atoms with E-state index in [4.69, 9.17) is 32.7 Å². The molecule has 0 aliphatic carbocycles. The molecule has 7 nitrogen and oxygen atoms in total. The van der Waals surface area contributed by atoms with Crippen molar-refractivity contribution in [2.45, 2.75) is 11.8 Å². The summed E-state index contributed by atoms with van der Waals surface area (Å²) in [4.78, 5) is 14.6. The van der Waals surface area contributed by atoms with Crippen LogP contribution in [0.1, 0.15) is 17.3 Å². The van der Waals surface area contributed by atoms with Crippen LogP contribution < -0.4 is 9.47 Å². The molecule has 0 bridgehead atoms. The lowest BCUT2D eigenvalue weighted by molar-refractivity contribution is 0.0697. The molecule has 1 saturated heterocycles. The maximum atomic E-state index is 12.9. The number of rotatable bonds is 6. The van der Waals surface area contributed by atoms with Crippen LogP contribution in [0.2, 0.25) is 10.0 Å². The van der Waals surface area contributed by atoms with Gasteiger partial charge in [-0.1, -0.05) is 23.2 Å². The Balaban J connectivity index is 1.70. The monoisotopic (exact) mass is 472 g/mol. The van der Waals surface area contributed by atoms with Gasteiger partial charge in [-0.2, -0.15) is 4.31 Å². The van der Waals surface area contributed by atoms with Crippen LogP contribution in [0, 0.1) is 0 Å². The van der Waals surface area contributed by atoms with Crippen molar-refractivity contribution in [2.75, 3.05) is 39.9 Å². The fourth-order valence-electron chi connectivity index (χ4n) is 3.18. The molecule has 0 atom stereocenters. The van der Waals surface area contributed by atoms with E-state index >= 15 is 0 Å². The van der Waals surface area contributed by atoms with Crippen molar-refractivity contribution in [3.05, 3.63) is 52.0 Å². The highest BCUT2D eigenvalue weighted by Gasteiger charge is 2.31. The molecule has 0 radical (unpaired) electrons. The van der Waals surface area contributed by atoms with Crippen molar-refractivity contribution >= 4 is 39.1 Å². The zero-order chi connectivity index (χ0) is 21.9. The van der Waals surface area contributed by atoms with E-state index in [1.54, 1.807) is 23.1 Å². The van der Waals surface area contributed by atoms with Gasteiger partial charge < -0.3 is 14.4 Å². The summed E-state index contributed by atoms with van der Waals surface area (Å²) in [7, 11) is -2.21. The predicted molar refractivity (Wildman–Crippen MR) is 115 cm³/mol. The molecule has 30 heavy (non-hydrogen) atoms. The third-order valence-electron chi connectivity index (χ3n) is 4.77. The molecule has 3 rings (SSSR count). The number of sulfonamides is 1. The van der Waals surface area contributed by atoms with Crippen molar-refractivity contribution in [3.8, 4) is 11.5 Å². The number of carbonyl (C=O) groups is 1. The molecule has 1 aliphatic rings. The zero-order valence-electron chi connectivity index (χ0n) is 16.6. The third kappa shape index (κ3) is 4.67. The zero-order valence-corrected chi connectivity index (χ0v) is 18.9. The number of hydrogen-bond donors (Lipinski definition) is 0. The maximum Gasteiger partial charge on any atom is 0.254 e. The van der Waals surface area contributed by atoms with Gasteiger partial charge in [0.15, 0.2) is 11.5 Å². The number of amides is 1. The Bertz CT molecular complexity index is 1040. The third-order valence-corrected chi connectivity index (χ3v) is 7.40. The highest BCUT2D eigenvalue weighted by molar-refractivity contribution is 7.89. The number of nitrogens with zero attached hydrogens (tertiary/aromatic N) is 2. The fourth-order valence-corrected chi connectivity index (χ4v) is 4.99. The van der Waals surface area contributed by atoms with Gasteiger partial charge >= 0.3 is 0 Å². The molecule has 1 fully saturated rings. The first-order chi connectivity index (χ1) is 14.3. The summed E-state index contributed by atoms with van der Waals surface area (Å²) >= 11 is 11.8. The van der Waals surface area contributed by atoms with Gasteiger partial charge in [-0.05, 0) is 43.3 Å². The minimum Gasteiger partial charge on any atom is -0.493 e. The summed E-state index contributed by atoms with van der Waals surface area (Å²) in [6.07, 6.45) is 0. The highest BCUT2D eigenvalue weighted by Crippen LogP contribution is 2.29.